The van der Waals surface area contributed by atoms with Crippen molar-refractivity contribution in [3.05, 3.63) is 17.7 Å². The summed E-state index contributed by atoms with van der Waals surface area (Å²) in [6.07, 6.45) is 14.3. The molecule has 0 aromatic heterocycles. The maximum Gasteiger partial charge on any atom is 0.293 e. The molecule has 0 radical (unpaired) electrons. The Bertz CT molecular complexity index is 1100. The van der Waals surface area contributed by atoms with Crippen molar-refractivity contribution in [3.63, 3.8) is 0 Å². The molecule has 0 spiro atoms. The van der Waals surface area contributed by atoms with Crippen molar-refractivity contribution in [3.8, 4) is 11.5 Å². The van der Waals surface area contributed by atoms with Gasteiger partial charge in [0.2, 0.25) is 5.91 Å². The van der Waals surface area contributed by atoms with E-state index in [-0.39, 0.29) is 19.4 Å². The maximum atomic E-state index is 12.9. The van der Waals surface area contributed by atoms with Crippen LogP contribution in [0.5, 0.6) is 11.5 Å². The fourth-order valence-electron chi connectivity index (χ4n) is 9.83. The SMILES string of the molecule is C.COc1cc(C=O)c(NC(=O)CCC[C@H]2CCC3C4CCC5C[C@H](OC=O)CCC5(C)C4CCC32C)cc1OC. The summed E-state index contributed by atoms with van der Waals surface area (Å²) in [6.45, 7) is 5.74. The van der Waals surface area contributed by atoms with Gasteiger partial charge in [-0.3, -0.25) is 14.4 Å². The highest BCUT2D eigenvalue weighted by Gasteiger charge is 2.60. The van der Waals surface area contributed by atoms with Crippen LogP contribution in [0.4, 0.5) is 5.69 Å². The predicted molar refractivity (Wildman–Crippen MR) is 160 cm³/mol. The largest absolute Gasteiger partial charge is 0.493 e. The van der Waals surface area contributed by atoms with Gasteiger partial charge in [0.05, 0.1) is 19.9 Å². The summed E-state index contributed by atoms with van der Waals surface area (Å²) in [5, 5.41) is 2.92. The third-order valence-corrected chi connectivity index (χ3v) is 12.0. The number of carbonyl (C=O) groups is 3. The topological polar surface area (TPSA) is 90.9 Å². The Hall–Kier alpha value is -2.57. The van der Waals surface area contributed by atoms with Gasteiger partial charge in [0, 0.05) is 18.1 Å². The Morgan fingerprint density at radius 1 is 0.951 bits per heavy atom. The zero-order valence-corrected chi connectivity index (χ0v) is 24.7. The van der Waals surface area contributed by atoms with E-state index >= 15 is 0 Å². The Morgan fingerprint density at radius 3 is 2.37 bits per heavy atom. The number of carbonyl (C=O) groups excluding carboxylic acids is 3. The van der Waals surface area contributed by atoms with Crippen LogP contribution in [-0.4, -0.2) is 39.0 Å². The summed E-state index contributed by atoms with van der Waals surface area (Å²) in [4.78, 5) is 35.4. The molecule has 6 unspecified atom stereocenters. The first kappa shape index (κ1) is 31.4. The van der Waals surface area contributed by atoms with Crippen LogP contribution in [-0.2, 0) is 14.3 Å². The van der Waals surface area contributed by atoms with Gasteiger partial charge in [-0.25, -0.2) is 0 Å². The molecule has 0 bridgehead atoms. The van der Waals surface area contributed by atoms with Crippen molar-refractivity contribution >= 4 is 24.4 Å². The molecule has 4 aliphatic carbocycles. The second kappa shape index (κ2) is 12.7. The van der Waals surface area contributed by atoms with E-state index in [4.69, 9.17) is 14.2 Å². The second-order valence-corrected chi connectivity index (χ2v) is 13.5. The smallest absolute Gasteiger partial charge is 0.293 e. The van der Waals surface area contributed by atoms with Crippen molar-refractivity contribution in [1.82, 2.24) is 0 Å². The minimum atomic E-state index is -0.0702. The molecular weight excluding hydrogens is 518 g/mol. The number of benzene rings is 1. The molecule has 0 heterocycles. The maximum absolute atomic E-state index is 12.9. The Balaban J connectivity index is 0.00000387. The number of nitrogens with one attached hydrogen (secondary N) is 1. The fraction of sp³-hybridized carbons (Fsp3) is 0.735. The number of methoxy groups -OCH3 is 2. The minimum absolute atomic E-state index is 0. The van der Waals surface area contributed by atoms with E-state index < -0.39 is 0 Å². The molecule has 1 aromatic rings. The molecule has 1 amide bonds. The van der Waals surface area contributed by atoms with Crippen molar-refractivity contribution in [2.24, 2.45) is 40.4 Å². The summed E-state index contributed by atoms with van der Waals surface area (Å²) in [6, 6.07) is 3.24. The first-order valence-electron chi connectivity index (χ1n) is 15.4. The molecule has 7 heteroatoms. The predicted octanol–water partition coefficient (Wildman–Crippen LogP) is 7.46. The molecule has 41 heavy (non-hydrogen) atoms. The third-order valence-electron chi connectivity index (χ3n) is 12.0. The molecular formula is C34H51NO6. The van der Waals surface area contributed by atoms with Crippen molar-refractivity contribution in [2.75, 3.05) is 19.5 Å². The molecule has 7 nitrogen and oxygen atoms in total. The average Bonchev–Trinajstić information content (AvgIpc) is 3.29. The second-order valence-electron chi connectivity index (χ2n) is 13.5. The highest BCUT2D eigenvalue weighted by Crippen LogP contribution is 2.68. The summed E-state index contributed by atoms with van der Waals surface area (Å²) in [5.74, 6) is 4.60. The van der Waals surface area contributed by atoms with E-state index in [0.29, 0.717) is 58.3 Å². The monoisotopic (exact) mass is 569 g/mol. The van der Waals surface area contributed by atoms with Gasteiger partial charge in [-0.05, 0) is 117 Å². The summed E-state index contributed by atoms with van der Waals surface area (Å²) in [7, 11) is 3.06. The lowest BCUT2D eigenvalue weighted by Crippen LogP contribution is -2.54. The normalized spacial score (nSPS) is 35.5. The molecule has 5 rings (SSSR count). The molecule has 0 saturated heterocycles. The van der Waals surface area contributed by atoms with E-state index in [1.807, 2.05) is 0 Å². The number of anilines is 1. The van der Waals surface area contributed by atoms with Crippen LogP contribution in [0.25, 0.3) is 0 Å². The lowest BCUT2D eigenvalue weighted by molar-refractivity contribution is -0.150. The van der Waals surface area contributed by atoms with Gasteiger partial charge in [0.1, 0.15) is 6.10 Å². The Kier molecular flexibility index (Phi) is 9.75. The average molecular weight is 570 g/mol. The van der Waals surface area contributed by atoms with Gasteiger partial charge in [-0.1, -0.05) is 21.3 Å². The molecule has 4 fully saturated rings. The molecule has 4 saturated carbocycles. The van der Waals surface area contributed by atoms with E-state index in [9.17, 15) is 14.4 Å². The van der Waals surface area contributed by atoms with Gasteiger partial charge in [0.25, 0.3) is 6.47 Å². The number of amides is 1. The van der Waals surface area contributed by atoms with Crippen molar-refractivity contribution < 1.29 is 28.6 Å². The Labute approximate surface area is 246 Å². The van der Waals surface area contributed by atoms with Gasteiger partial charge in [-0.2, -0.15) is 0 Å². The van der Waals surface area contributed by atoms with Crippen LogP contribution in [0, 0.1) is 40.4 Å². The van der Waals surface area contributed by atoms with E-state index in [1.165, 1.54) is 59.2 Å². The molecule has 1 aromatic carbocycles. The van der Waals surface area contributed by atoms with Gasteiger partial charge in [0.15, 0.2) is 17.8 Å². The third kappa shape index (κ3) is 5.75. The Morgan fingerprint density at radius 2 is 1.66 bits per heavy atom. The zero-order valence-electron chi connectivity index (χ0n) is 24.7. The van der Waals surface area contributed by atoms with Crippen LogP contribution >= 0.6 is 0 Å². The highest BCUT2D eigenvalue weighted by molar-refractivity contribution is 5.97. The van der Waals surface area contributed by atoms with Gasteiger partial charge >= 0.3 is 0 Å². The van der Waals surface area contributed by atoms with E-state index in [0.717, 1.165) is 49.7 Å². The van der Waals surface area contributed by atoms with Gasteiger partial charge in [-0.15, -0.1) is 0 Å². The van der Waals surface area contributed by atoms with Crippen LogP contribution in [0.2, 0.25) is 0 Å². The summed E-state index contributed by atoms with van der Waals surface area (Å²) in [5.41, 5.74) is 1.59. The van der Waals surface area contributed by atoms with Crippen LogP contribution in [0.3, 0.4) is 0 Å². The van der Waals surface area contributed by atoms with Crippen molar-refractivity contribution in [2.45, 2.75) is 104 Å². The quantitative estimate of drug-likeness (QED) is 0.294. The molecule has 4 aliphatic rings. The summed E-state index contributed by atoms with van der Waals surface area (Å²) < 4.78 is 16.0. The lowest BCUT2D eigenvalue weighted by atomic mass is 9.44. The number of aldehydes is 1. The standard InChI is InChI=1S/C33H47NO6.CH4/c1-32-15-13-27-25(10-8-23-17-24(40-20-36)12-14-33(23,27)2)26(32)11-9-22(32)6-5-7-31(37)34-28-18-30(39-4)29(38-3)16-21(28)19-35;/h16,18-20,22-27H,5-15,17H2,1-4H3,(H,34,37);1H4/t22-,23?,24+,25?,26?,27?,32?,33?;/m0./s1. The lowest BCUT2D eigenvalue weighted by Gasteiger charge is -2.61. The van der Waals surface area contributed by atoms with Crippen molar-refractivity contribution in [1.29, 1.82) is 0 Å². The van der Waals surface area contributed by atoms with Crippen LogP contribution < -0.4 is 14.8 Å². The minimum Gasteiger partial charge on any atom is -0.493 e. The molecule has 8 atom stereocenters. The zero-order chi connectivity index (χ0) is 28.5. The first-order chi connectivity index (χ1) is 19.3. The summed E-state index contributed by atoms with van der Waals surface area (Å²) >= 11 is 0. The number of fused-ring (bicyclic) bond motifs is 5. The number of hydrogen-bond donors (Lipinski definition) is 1. The highest BCUT2D eigenvalue weighted by atomic mass is 16.5. The number of rotatable bonds is 10. The molecule has 228 valence electrons. The number of ether oxygens (including phenoxy) is 3. The van der Waals surface area contributed by atoms with Crippen LogP contribution in [0.1, 0.15) is 109 Å². The van der Waals surface area contributed by atoms with E-state index in [1.54, 1.807) is 12.1 Å². The van der Waals surface area contributed by atoms with Gasteiger partial charge < -0.3 is 19.5 Å². The fourth-order valence-corrected chi connectivity index (χ4v) is 9.83. The first-order valence-corrected chi connectivity index (χ1v) is 15.4. The van der Waals surface area contributed by atoms with Crippen LogP contribution in [0.15, 0.2) is 12.1 Å². The molecule has 1 N–H and O–H groups in total. The molecule has 0 aliphatic heterocycles. The van der Waals surface area contributed by atoms with E-state index in [2.05, 4.69) is 19.2 Å². The number of hydrogen-bond acceptors (Lipinski definition) is 6.